The molecule has 0 bridgehead atoms. The van der Waals surface area contributed by atoms with Crippen molar-refractivity contribution in [1.29, 1.82) is 10.5 Å². The number of anilines is 1. The molecule has 2 rings (SSSR count). The summed E-state index contributed by atoms with van der Waals surface area (Å²) in [7, 11) is 0. The van der Waals surface area contributed by atoms with Crippen LogP contribution in [-0.2, 0) is 6.42 Å². The zero-order valence-electron chi connectivity index (χ0n) is 11.1. The molecule has 5 heteroatoms. The van der Waals surface area contributed by atoms with Crippen LogP contribution >= 0.6 is 0 Å². The Morgan fingerprint density at radius 2 is 2.11 bits per heavy atom. The molecule has 1 heterocycles. The van der Waals surface area contributed by atoms with Crippen LogP contribution in [0.1, 0.15) is 44.1 Å². The first-order valence-electron chi connectivity index (χ1n) is 6.71. The number of rotatable bonds is 3. The van der Waals surface area contributed by atoms with Crippen LogP contribution in [0.3, 0.4) is 0 Å². The highest BCUT2D eigenvalue weighted by molar-refractivity contribution is 5.41. The number of nitriles is 2. The van der Waals surface area contributed by atoms with E-state index in [1.54, 1.807) is 6.07 Å². The van der Waals surface area contributed by atoms with Crippen molar-refractivity contribution in [3.05, 3.63) is 17.6 Å². The molecule has 2 atom stereocenters. The van der Waals surface area contributed by atoms with Crippen molar-refractivity contribution in [3.8, 4) is 12.1 Å². The molecule has 98 valence electrons. The molecular formula is C14H17N5. The molecule has 0 saturated heterocycles. The summed E-state index contributed by atoms with van der Waals surface area (Å²) >= 11 is 0. The number of nitrogens with zero attached hydrogens (tertiary/aromatic N) is 4. The van der Waals surface area contributed by atoms with Crippen molar-refractivity contribution in [2.75, 3.05) is 5.32 Å². The molecule has 1 aliphatic rings. The van der Waals surface area contributed by atoms with Gasteiger partial charge in [-0.05, 0) is 12.8 Å². The molecule has 0 aromatic carbocycles. The number of hydrogen-bond acceptors (Lipinski definition) is 5. The van der Waals surface area contributed by atoms with Gasteiger partial charge in [-0.15, -0.1) is 0 Å². The van der Waals surface area contributed by atoms with Crippen molar-refractivity contribution in [3.63, 3.8) is 0 Å². The van der Waals surface area contributed by atoms with Gasteiger partial charge in [-0.1, -0.05) is 19.8 Å². The van der Waals surface area contributed by atoms with E-state index in [2.05, 4.69) is 21.4 Å². The highest BCUT2D eigenvalue weighted by Gasteiger charge is 2.25. The first kappa shape index (κ1) is 13.3. The minimum absolute atomic E-state index is 0.0272. The number of aromatic nitrogens is 2. The van der Waals surface area contributed by atoms with Crippen LogP contribution in [0.25, 0.3) is 0 Å². The summed E-state index contributed by atoms with van der Waals surface area (Å²) in [6, 6.07) is 6.19. The molecule has 0 spiro atoms. The fourth-order valence-corrected chi connectivity index (χ4v) is 2.43. The van der Waals surface area contributed by atoms with Gasteiger partial charge in [-0.25, -0.2) is 9.97 Å². The average Bonchev–Trinajstić information content (AvgIpc) is 2.47. The lowest BCUT2D eigenvalue weighted by Gasteiger charge is -2.28. The monoisotopic (exact) mass is 255 g/mol. The van der Waals surface area contributed by atoms with Gasteiger partial charge in [0.2, 0.25) is 0 Å². The van der Waals surface area contributed by atoms with Gasteiger partial charge >= 0.3 is 0 Å². The van der Waals surface area contributed by atoms with E-state index in [4.69, 9.17) is 10.5 Å². The second kappa shape index (κ2) is 6.15. The summed E-state index contributed by atoms with van der Waals surface area (Å²) in [5.74, 6) is 1.35. The maximum atomic E-state index is 9.17. The summed E-state index contributed by atoms with van der Waals surface area (Å²) in [6.45, 7) is 1.96. The standard InChI is InChI=1S/C14H17N5/c1-2-13-17-11(9-16)7-14(19-13)18-12-6-4-3-5-10(12)8-15/h7,10,12H,2-6H2,1H3,(H,17,18,19). The van der Waals surface area contributed by atoms with E-state index in [0.717, 1.165) is 25.7 Å². The molecule has 1 saturated carbocycles. The second-order valence-electron chi connectivity index (χ2n) is 4.79. The SMILES string of the molecule is CCc1nc(C#N)cc(NC2CCCCC2C#N)n1. The van der Waals surface area contributed by atoms with E-state index in [9.17, 15) is 0 Å². The van der Waals surface area contributed by atoms with Crippen molar-refractivity contribution >= 4 is 5.82 Å². The van der Waals surface area contributed by atoms with Crippen LogP contribution in [0.4, 0.5) is 5.82 Å². The third kappa shape index (κ3) is 3.20. The van der Waals surface area contributed by atoms with Crippen molar-refractivity contribution in [2.45, 2.75) is 45.1 Å². The van der Waals surface area contributed by atoms with E-state index in [0.29, 0.717) is 23.8 Å². The second-order valence-corrected chi connectivity index (χ2v) is 4.79. The van der Waals surface area contributed by atoms with Gasteiger partial charge < -0.3 is 5.32 Å². The number of nitrogens with one attached hydrogen (secondary N) is 1. The van der Waals surface area contributed by atoms with E-state index in [1.807, 2.05) is 13.0 Å². The Bertz CT molecular complexity index is 526. The molecule has 2 unspecified atom stereocenters. The predicted octanol–water partition coefficient (Wildman–Crippen LogP) is 2.40. The largest absolute Gasteiger partial charge is 0.366 e. The van der Waals surface area contributed by atoms with Crippen LogP contribution in [0.15, 0.2) is 6.07 Å². The van der Waals surface area contributed by atoms with Gasteiger partial charge in [0, 0.05) is 18.5 Å². The smallest absolute Gasteiger partial charge is 0.146 e. The van der Waals surface area contributed by atoms with Gasteiger partial charge in [0.1, 0.15) is 23.4 Å². The molecule has 1 aliphatic carbocycles. The Morgan fingerprint density at radius 1 is 1.32 bits per heavy atom. The fourth-order valence-electron chi connectivity index (χ4n) is 2.43. The number of hydrogen-bond donors (Lipinski definition) is 1. The van der Waals surface area contributed by atoms with Crippen LogP contribution < -0.4 is 5.32 Å². The van der Waals surface area contributed by atoms with Crippen LogP contribution in [-0.4, -0.2) is 16.0 Å². The van der Waals surface area contributed by atoms with Gasteiger partial charge in [0.15, 0.2) is 0 Å². The van der Waals surface area contributed by atoms with Crippen molar-refractivity contribution in [2.24, 2.45) is 5.92 Å². The first-order valence-corrected chi connectivity index (χ1v) is 6.71. The molecule has 0 radical (unpaired) electrons. The van der Waals surface area contributed by atoms with E-state index < -0.39 is 0 Å². The maximum absolute atomic E-state index is 9.17. The molecule has 5 nitrogen and oxygen atoms in total. The first-order chi connectivity index (χ1) is 9.26. The molecule has 0 amide bonds. The van der Waals surface area contributed by atoms with Crippen LogP contribution in [0.5, 0.6) is 0 Å². The van der Waals surface area contributed by atoms with Gasteiger partial charge in [-0.2, -0.15) is 10.5 Å². The highest BCUT2D eigenvalue weighted by Crippen LogP contribution is 2.26. The van der Waals surface area contributed by atoms with Gasteiger partial charge in [0.25, 0.3) is 0 Å². The lowest BCUT2D eigenvalue weighted by Crippen LogP contribution is -2.31. The molecule has 0 aliphatic heterocycles. The van der Waals surface area contributed by atoms with E-state index >= 15 is 0 Å². The van der Waals surface area contributed by atoms with Crippen LogP contribution in [0, 0.1) is 28.6 Å². The van der Waals surface area contributed by atoms with E-state index in [-0.39, 0.29) is 12.0 Å². The molecule has 1 aromatic heterocycles. The maximum Gasteiger partial charge on any atom is 0.146 e. The summed E-state index contributed by atoms with van der Waals surface area (Å²) in [5.41, 5.74) is 0.374. The molecule has 1 fully saturated rings. The van der Waals surface area contributed by atoms with Crippen LogP contribution in [0.2, 0.25) is 0 Å². The predicted molar refractivity (Wildman–Crippen MR) is 71.1 cm³/mol. The Balaban J connectivity index is 2.18. The van der Waals surface area contributed by atoms with Gasteiger partial charge in [-0.3, -0.25) is 0 Å². The zero-order chi connectivity index (χ0) is 13.7. The third-order valence-corrected chi connectivity index (χ3v) is 3.47. The Hall–Kier alpha value is -2.14. The quantitative estimate of drug-likeness (QED) is 0.896. The normalized spacial score (nSPS) is 22.3. The third-order valence-electron chi connectivity index (χ3n) is 3.47. The Morgan fingerprint density at radius 3 is 2.79 bits per heavy atom. The van der Waals surface area contributed by atoms with Gasteiger partial charge in [0.05, 0.1) is 12.0 Å². The van der Waals surface area contributed by atoms with Crippen molar-refractivity contribution in [1.82, 2.24) is 9.97 Å². The minimum Gasteiger partial charge on any atom is -0.366 e. The lowest BCUT2D eigenvalue weighted by molar-refractivity contribution is 0.388. The zero-order valence-corrected chi connectivity index (χ0v) is 11.1. The number of aryl methyl sites for hydroxylation is 1. The minimum atomic E-state index is 0.0272. The topological polar surface area (TPSA) is 85.4 Å². The Labute approximate surface area is 113 Å². The summed E-state index contributed by atoms with van der Waals surface area (Å²) in [4.78, 5) is 8.51. The Kier molecular flexibility index (Phi) is 4.30. The van der Waals surface area contributed by atoms with Crippen molar-refractivity contribution < 1.29 is 0 Å². The summed E-state index contributed by atoms with van der Waals surface area (Å²) in [6.07, 6.45) is 4.85. The van der Waals surface area contributed by atoms with E-state index in [1.165, 1.54) is 0 Å². The summed E-state index contributed by atoms with van der Waals surface area (Å²) < 4.78 is 0. The molecule has 1 aromatic rings. The summed E-state index contributed by atoms with van der Waals surface area (Å²) in [5, 5.41) is 21.4. The molecule has 19 heavy (non-hydrogen) atoms. The lowest BCUT2D eigenvalue weighted by atomic mass is 9.85. The average molecular weight is 255 g/mol. The molecular weight excluding hydrogens is 238 g/mol. The molecule has 1 N–H and O–H groups in total. The highest BCUT2D eigenvalue weighted by atomic mass is 15.1. The fraction of sp³-hybridized carbons (Fsp3) is 0.571.